The van der Waals surface area contributed by atoms with Gasteiger partial charge in [-0.2, -0.15) is 0 Å². The van der Waals surface area contributed by atoms with Crippen LogP contribution in [0.15, 0.2) is 29.3 Å². The Bertz CT molecular complexity index is 597. The van der Waals surface area contributed by atoms with Crippen molar-refractivity contribution in [3.8, 4) is 0 Å². The number of hydrogen-bond donors (Lipinski definition) is 2. The molecule has 2 N–H and O–H groups in total. The maximum Gasteiger partial charge on any atom is 0.229 e. The minimum Gasteiger partial charge on any atom is -0.355 e. The number of nitrogens with zero attached hydrogens (tertiary/aromatic N) is 2. The van der Waals surface area contributed by atoms with Gasteiger partial charge in [0.2, 0.25) is 11.8 Å². The number of amides is 2. The number of likely N-dealkylation sites (tertiary alicyclic amines) is 1. The quantitative estimate of drug-likeness (QED) is 0.470. The highest BCUT2D eigenvalue weighted by Crippen LogP contribution is 2.11. The zero-order valence-electron chi connectivity index (χ0n) is 14.5. The molecule has 1 aromatic rings. The molecule has 1 fully saturated rings. The standard InChI is InChI=1S/C18H26N4O2/c1-3-14-7-4-5-8-15(14)13-21-18(19-2)20-11-12-22-16(23)9-6-10-17(22)24/h4-5,7-8H,3,6,9-13H2,1-2H3,(H2,19,20,21). The molecule has 6 nitrogen and oxygen atoms in total. The smallest absolute Gasteiger partial charge is 0.229 e. The predicted octanol–water partition coefficient (Wildman–Crippen LogP) is 1.45. The Balaban J connectivity index is 1.80. The number of aliphatic imine (C=N–C) groups is 1. The van der Waals surface area contributed by atoms with Crippen LogP contribution in [-0.4, -0.2) is 42.8 Å². The summed E-state index contributed by atoms with van der Waals surface area (Å²) in [5, 5.41) is 6.43. The zero-order chi connectivity index (χ0) is 17.4. The number of piperidine rings is 1. The number of imide groups is 1. The van der Waals surface area contributed by atoms with Crippen LogP contribution in [0, 0.1) is 0 Å². The minimum atomic E-state index is -0.0760. The van der Waals surface area contributed by atoms with Crippen LogP contribution in [0.4, 0.5) is 0 Å². The lowest BCUT2D eigenvalue weighted by atomic mass is 10.1. The van der Waals surface area contributed by atoms with Crippen molar-refractivity contribution in [2.45, 2.75) is 39.2 Å². The molecule has 0 aromatic heterocycles. The second-order valence-electron chi connectivity index (χ2n) is 5.77. The van der Waals surface area contributed by atoms with E-state index in [-0.39, 0.29) is 11.8 Å². The van der Waals surface area contributed by atoms with Crippen LogP contribution in [0.25, 0.3) is 0 Å². The summed E-state index contributed by atoms with van der Waals surface area (Å²) in [4.78, 5) is 29.1. The number of aryl methyl sites for hydroxylation is 1. The molecule has 2 rings (SSSR count). The van der Waals surface area contributed by atoms with E-state index in [9.17, 15) is 9.59 Å². The Morgan fingerprint density at radius 3 is 2.42 bits per heavy atom. The molecular formula is C18H26N4O2. The number of guanidine groups is 1. The van der Waals surface area contributed by atoms with Gasteiger partial charge >= 0.3 is 0 Å². The number of nitrogens with one attached hydrogen (secondary N) is 2. The molecule has 6 heteroatoms. The molecule has 0 atom stereocenters. The Morgan fingerprint density at radius 2 is 1.79 bits per heavy atom. The average Bonchev–Trinajstić information content (AvgIpc) is 2.60. The van der Waals surface area contributed by atoms with E-state index in [0.717, 1.165) is 6.42 Å². The fourth-order valence-corrected chi connectivity index (χ4v) is 2.81. The van der Waals surface area contributed by atoms with Gasteiger partial charge in [-0.25, -0.2) is 0 Å². The number of rotatable bonds is 6. The fraction of sp³-hybridized carbons (Fsp3) is 0.500. The molecule has 1 aliphatic heterocycles. The first-order chi connectivity index (χ1) is 11.7. The maximum absolute atomic E-state index is 11.8. The Hall–Kier alpha value is -2.37. The maximum atomic E-state index is 11.8. The van der Waals surface area contributed by atoms with E-state index in [1.807, 2.05) is 12.1 Å². The lowest BCUT2D eigenvalue weighted by Gasteiger charge is -2.25. The molecule has 1 heterocycles. The molecule has 0 radical (unpaired) electrons. The molecule has 0 spiro atoms. The second-order valence-corrected chi connectivity index (χ2v) is 5.77. The molecule has 0 unspecified atom stereocenters. The van der Waals surface area contributed by atoms with Crippen LogP contribution >= 0.6 is 0 Å². The third kappa shape index (κ3) is 4.81. The first kappa shape index (κ1) is 18.0. The van der Waals surface area contributed by atoms with Gasteiger partial charge in [0.1, 0.15) is 0 Å². The molecule has 1 saturated heterocycles. The number of hydrogen-bond acceptors (Lipinski definition) is 3. The van der Waals surface area contributed by atoms with Crippen LogP contribution in [-0.2, 0) is 22.6 Å². The minimum absolute atomic E-state index is 0.0760. The first-order valence-corrected chi connectivity index (χ1v) is 8.50. The zero-order valence-corrected chi connectivity index (χ0v) is 14.5. The van der Waals surface area contributed by atoms with Crippen molar-refractivity contribution in [2.75, 3.05) is 20.1 Å². The van der Waals surface area contributed by atoms with Crippen LogP contribution in [0.5, 0.6) is 0 Å². The predicted molar refractivity (Wildman–Crippen MR) is 94.6 cm³/mol. The summed E-state index contributed by atoms with van der Waals surface area (Å²) < 4.78 is 0. The highest BCUT2D eigenvalue weighted by atomic mass is 16.2. The normalized spacial score (nSPS) is 15.6. The van der Waals surface area contributed by atoms with Crippen molar-refractivity contribution in [1.29, 1.82) is 0 Å². The largest absolute Gasteiger partial charge is 0.355 e. The van der Waals surface area contributed by atoms with Crippen molar-refractivity contribution in [3.05, 3.63) is 35.4 Å². The summed E-state index contributed by atoms with van der Waals surface area (Å²) in [7, 11) is 1.71. The van der Waals surface area contributed by atoms with Gasteiger partial charge in [-0.1, -0.05) is 31.2 Å². The molecule has 24 heavy (non-hydrogen) atoms. The molecule has 0 bridgehead atoms. The highest BCUT2D eigenvalue weighted by molar-refractivity contribution is 5.97. The van der Waals surface area contributed by atoms with Crippen LogP contribution in [0.1, 0.15) is 37.3 Å². The lowest BCUT2D eigenvalue weighted by Crippen LogP contribution is -2.46. The molecular weight excluding hydrogens is 304 g/mol. The SMILES string of the molecule is CCc1ccccc1CNC(=NC)NCCN1C(=O)CCCC1=O. The third-order valence-electron chi connectivity index (χ3n) is 4.18. The number of carbonyl (C=O) groups excluding carboxylic acids is 2. The van der Waals surface area contributed by atoms with Crippen molar-refractivity contribution < 1.29 is 9.59 Å². The first-order valence-electron chi connectivity index (χ1n) is 8.50. The molecule has 1 aromatic carbocycles. The lowest BCUT2D eigenvalue weighted by molar-refractivity contribution is -0.147. The summed E-state index contributed by atoms with van der Waals surface area (Å²) in [5.74, 6) is 0.513. The molecule has 2 amide bonds. The van der Waals surface area contributed by atoms with Gasteiger partial charge in [0.25, 0.3) is 0 Å². The topological polar surface area (TPSA) is 73.8 Å². The fourth-order valence-electron chi connectivity index (χ4n) is 2.81. The molecule has 0 saturated carbocycles. The number of carbonyl (C=O) groups is 2. The van der Waals surface area contributed by atoms with E-state index in [1.165, 1.54) is 16.0 Å². The average molecular weight is 330 g/mol. The Labute approximate surface area is 143 Å². The molecule has 130 valence electrons. The monoisotopic (exact) mass is 330 g/mol. The molecule has 0 aliphatic carbocycles. The second kappa shape index (κ2) is 9.05. The summed E-state index contributed by atoms with van der Waals surface area (Å²) >= 11 is 0. The van der Waals surface area contributed by atoms with Gasteiger partial charge in [-0.15, -0.1) is 0 Å². The van der Waals surface area contributed by atoms with E-state index in [4.69, 9.17) is 0 Å². The van der Waals surface area contributed by atoms with Gasteiger partial charge < -0.3 is 10.6 Å². The van der Waals surface area contributed by atoms with Gasteiger partial charge in [-0.3, -0.25) is 19.5 Å². The van der Waals surface area contributed by atoms with Gasteiger partial charge in [0, 0.05) is 39.5 Å². The summed E-state index contributed by atoms with van der Waals surface area (Å²) in [6, 6.07) is 8.30. The summed E-state index contributed by atoms with van der Waals surface area (Å²) in [6.45, 7) is 3.69. The van der Waals surface area contributed by atoms with Gasteiger partial charge in [0.05, 0.1) is 0 Å². The summed E-state index contributed by atoms with van der Waals surface area (Å²) in [6.07, 6.45) is 2.59. The van der Waals surface area contributed by atoms with Gasteiger partial charge in [-0.05, 0) is 24.0 Å². The Morgan fingerprint density at radius 1 is 1.12 bits per heavy atom. The summed E-state index contributed by atoms with van der Waals surface area (Å²) in [5.41, 5.74) is 2.55. The van der Waals surface area contributed by atoms with Crippen LogP contribution < -0.4 is 10.6 Å². The van der Waals surface area contributed by atoms with Crippen molar-refractivity contribution in [1.82, 2.24) is 15.5 Å². The Kier molecular flexibility index (Phi) is 6.78. The van der Waals surface area contributed by atoms with E-state index < -0.39 is 0 Å². The highest BCUT2D eigenvalue weighted by Gasteiger charge is 2.25. The number of benzene rings is 1. The van der Waals surface area contributed by atoms with Crippen molar-refractivity contribution >= 4 is 17.8 Å². The van der Waals surface area contributed by atoms with E-state index in [1.54, 1.807) is 7.05 Å². The third-order valence-corrected chi connectivity index (χ3v) is 4.18. The van der Waals surface area contributed by atoms with Crippen molar-refractivity contribution in [3.63, 3.8) is 0 Å². The van der Waals surface area contributed by atoms with Crippen LogP contribution in [0.3, 0.4) is 0 Å². The van der Waals surface area contributed by atoms with E-state index >= 15 is 0 Å². The van der Waals surface area contributed by atoms with Crippen LogP contribution in [0.2, 0.25) is 0 Å². The van der Waals surface area contributed by atoms with E-state index in [0.29, 0.717) is 44.9 Å². The van der Waals surface area contributed by atoms with E-state index in [2.05, 4.69) is 34.7 Å². The molecule has 1 aliphatic rings. The van der Waals surface area contributed by atoms with Gasteiger partial charge in [0.15, 0.2) is 5.96 Å². The van der Waals surface area contributed by atoms with Crippen molar-refractivity contribution in [2.24, 2.45) is 4.99 Å².